The van der Waals surface area contributed by atoms with Crippen LogP contribution in [0.25, 0.3) is 10.9 Å². The van der Waals surface area contributed by atoms with Gasteiger partial charge in [-0.05, 0) is 62.5 Å². The fourth-order valence-electron chi connectivity index (χ4n) is 3.77. The molecule has 4 rings (SSSR count). The van der Waals surface area contributed by atoms with E-state index in [2.05, 4.69) is 16.0 Å². The van der Waals surface area contributed by atoms with Gasteiger partial charge < -0.3 is 20.1 Å². The van der Waals surface area contributed by atoms with Crippen molar-refractivity contribution < 1.29 is 15.0 Å². The number of aliphatic carboxylic acids is 1. The Hall–Kier alpha value is -3.93. The number of H-pyrrole nitrogens is 1. The van der Waals surface area contributed by atoms with E-state index in [0.29, 0.717) is 28.8 Å². The number of aromatic nitrogens is 1. The molecule has 2 aromatic carbocycles. The van der Waals surface area contributed by atoms with E-state index >= 15 is 0 Å². The van der Waals surface area contributed by atoms with Gasteiger partial charge >= 0.3 is 5.97 Å². The number of carbonyl (C=O) groups is 1. The maximum absolute atomic E-state index is 11.0. The number of hydrogen-bond acceptors (Lipinski definition) is 6. The number of nitrogens with zero attached hydrogens (tertiary/aromatic N) is 3. The molecule has 34 heavy (non-hydrogen) atoms. The van der Waals surface area contributed by atoms with Crippen LogP contribution < -0.4 is 0 Å². The summed E-state index contributed by atoms with van der Waals surface area (Å²) in [4.78, 5) is 22.7. The first-order valence-electron chi connectivity index (χ1n) is 10.7. The zero-order valence-electron chi connectivity index (χ0n) is 18.9. The highest BCUT2D eigenvalue weighted by molar-refractivity contribution is 7.14. The number of aromatic amines is 1. The van der Waals surface area contributed by atoms with Gasteiger partial charge in [0.25, 0.3) is 0 Å². The lowest BCUT2D eigenvalue weighted by Crippen LogP contribution is -2.10. The van der Waals surface area contributed by atoms with E-state index in [1.807, 2.05) is 50.5 Å². The van der Waals surface area contributed by atoms with E-state index in [0.717, 1.165) is 32.9 Å². The van der Waals surface area contributed by atoms with E-state index in [1.165, 1.54) is 11.3 Å². The molecule has 0 amide bonds. The summed E-state index contributed by atoms with van der Waals surface area (Å²) in [5, 5.41) is 29.8. The van der Waals surface area contributed by atoms with E-state index in [9.17, 15) is 15.2 Å². The Labute approximate surface area is 201 Å². The Bertz CT molecular complexity index is 1410. The van der Waals surface area contributed by atoms with E-state index < -0.39 is 5.97 Å². The molecule has 0 atom stereocenters. The number of rotatable bonds is 8. The number of fused-ring (bicyclic) bond motifs is 1. The second-order valence-corrected chi connectivity index (χ2v) is 9.41. The summed E-state index contributed by atoms with van der Waals surface area (Å²) in [7, 11) is 4.03. The largest absolute Gasteiger partial charge is 0.494 e. The summed E-state index contributed by atoms with van der Waals surface area (Å²) in [6.07, 6.45) is 0.479. The number of benzene rings is 2. The molecule has 172 valence electrons. The number of carboxylic acids is 1. The molecule has 7 nitrogen and oxygen atoms in total. The fraction of sp³-hybridized carbons (Fsp3) is 0.192. The molecule has 0 bridgehead atoms. The lowest BCUT2D eigenvalue weighted by Gasteiger charge is -2.10. The van der Waals surface area contributed by atoms with Crippen molar-refractivity contribution in [1.29, 1.82) is 5.26 Å². The average Bonchev–Trinajstić information content (AvgIpc) is 3.40. The van der Waals surface area contributed by atoms with E-state index in [4.69, 9.17) is 10.1 Å². The van der Waals surface area contributed by atoms with Gasteiger partial charge in [0.15, 0.2) is 5.88 Å². The standard InChI is InChI=1S/C26H24N4O3S/c1-30(2)15-16-3-6-18(7-4-16)28-25(22-11-8-19(34-22)9-12-23(31)32)24-20-10-5-17(14-27)13-21(20)29-26(24)33/h3-8,10-11,13,29,33H,9,12,15H2,1-2H3,(H,31,32). The number of aliphatic imine (C=N–C) groups is 1. The van der Waals surface area contributed by atoms with Crippen molar-refractivity contribution in [3.63, 3.8) is 0 Å². The van der Waals surface area contributed by atoms with Crippen LogP contribution in [0.2, 0.25) is 0 Å². The number of nitriles is 1. The third-order valence-corrected chi connectivity index (χ3v) is 6.45. The quantitative estimate of drug-likeness (QED) is 0.311. The molecule has 8 heteroatoms. The summed E-state index contributed by atoms with van der Waals surface area (Å²) in [6.45, 7) is 0.819. The first kappa shape index (κ1) is 23.2. The van der Waals surface area contributed by atoms with Crippen LogP contribution in [0.4, 0.5) is 5.69 Å². The van der Waals surface area contributed by atoms with Gasteiger partial charge in [0.05, 0.1) is 45.4 Å². The van der Waals surface area contributed by atoms with Crippen LogP contribution in [0.3, 0.4) is 0 Å². The Balaban J connectivity index is 1.82. The van der Waals surface area contributed by atoms with E-state index in [1.54, 1.807) is 18.2 Å². The summed E-state index contributed by atoms with van der Waals surface area (Å²) in [5.41, 5.74) is 4.16. The molecule has 0 aliphatic heterocycles. The molecule has 2 heterocycles. The van der Waals surface area contributed by atoms with Crippen molar-refractivity contribution in [2.75, 3.05) is 14.1 Å². The lowest BCUT2D eigenvalue weighted by molar-refractivity contribution is -0.136. The Morgan fingerprint density at radius 3 is 2.59 bits per heavy atom. The molecule has 0 aliphatic rings. The molecular formula is C26H24N4O3S. The predicted octanol–water partition coefficient (Wildman–Crippen LogP) is 5.05. The number of thiophene rings is 1. The van der Waals surface area contributed by atoms with Crippen molar-refractivity contribution in [2.45, 2.75) is 19.4 Å². The Kier molecular flexibility index (Phi) is 6.77. The smallest absolute Gasteiger partial charge is 0.303 e. The molecule has 0 spiro atoms. The van der Waals surface area contributed by atoms with Crippen molar-refractivity contribution in [2.24, 2.45) is 4.99 Å². The summed E-state index contributed by atoms with van der Waals surface area (Å²) in [5.74, 6) is -0.877. The number of aromatic hydroxyl groups is 1. The van der Waals surface area contributed by atoms with Gasteiger partial charge in [-0.3, -0.25) is 4.79 Å². The SMILES string of the molecule is CN(C)Cc1ccc(N=C(c2ccc(CCC(=O)O)s2)c2c(O)[nH]c3cc(C#N)ccc23)cc1. The molecule has 0 saturated carbocycles. The van der Waals surface area contributed by atoms with Crippen LogP contribution in [0.5, 0.6) is 5.88 Å². The molecule has 0 radical (unpaired) electrons. The zero-order valence-corrected chi connectivity index (χ0v) is 19.7. The molecule has 0 unspecified atom stereocenters. The third-order valence-electron chi connectivity index (χ3n) is 5.30. The summed E-state index contributed by atoms with van der Waals surface area (Å²) in [6, 6.07) is 19.1. The number of hydrogen-bond donors (Lipinski definition) is 3. The first-order chi connectivity index (χ1) is 16.3. The van der Waals surface area contributed by atoms with Crippen LogP contribution >= 0.6 is 11.3 Å². The maximum Gasteiger partial charge on any atom is 0.303 e. The van der Waals surface area contributed by atoms with Crippen molar-refractivity contribution in [3.8, 4) is 11.9 Å². The van der Waals surface area contributed by atoms with Crippen LogP contribution in [-0.2, 0) is 17.8 Å². The number of nitrogens with one attached hydrogen (secondary N) is 1. The highest BCUT2D eigenvalue weighted by atomic mass is 32.1. The zero-order chi connectivity index (χ0) is 24.2. The lowest BCUT2D eigenvalue weighted by atomic mass is 10.0. The highest BCUT2D eigenvalue weighted by Crippen LogP contribution is 2.34. The van der Waals surface area contributed by atoms with Crippen LogP contribution in [0.1, 0.15) is 32.9 Å². The summed E-state index contributed by atoms with van der Waals surface area (Å²) < 4.78 is 0. The first-order valence-corrected chi connectivity index (χ1v) is 11.5. The normalized spacial score (nSPS) is 11.8. The minimum Gasteiger partial charge on any atom is -0.494 e. The second-order valence-electron chi connectivity index (χ2n) is 8.25. The van der Waals surface area contributed by atoms with Crippen molar-refractivity contribution in [3.05, 3.63) is 81.0 Å². The highest BCUT2D eigenvalue weighted by Gasteiger charge is 2.20. The van der Waals surface area contributed by atoms with E-state index in [-0.39, 0.29) is 12.3 Å². The molecule has 0 saturated heterocycles. The van der Waals surface area contributed by atoms with Crippen molar-refractivity contribution >= 4 is 39.6 Å². The third kappa shape index (κ3) is 5.17. The van der Waals surface area contributed by atoms with Gasteiger partial charge in [-0.25, -0.2) is 4.99 Å². The predicted molar refractivity (Wildman–Crippen MR) is 134 cm³/mol. The molecule has 0 aliphatic carbocycles. The van der Waals surface area contributed by atoms with Crippen LogP contribution in [0.15, 0.2) is 59.6 Å². The van der Waals surface area contributed by atoms with Gasteiger partial charge in [0.1, 0.15) is 0 Å². The summed E-state index contributed by atoms with van der Waals surface area (Å²) >= 11 is 1.46. The minimum absolute atomic E-state index is 0.0337. The Morgan fingerprint density at radius 1 is 1.15 bits per heavy atom. The number of aryl methyl sites for hydroxylation is 1. The molecule has 4 aromatic rings. The maximum atomic E-state index is 11.0. The average molecular weight is 473 g/mol. The van der Waals surface area contributed by atoms with Crippen LogP contribution in [-0.4, -0.2) is 45.9 Å². The monoisotopic (exact) mass is 472 g/mol. The topological polar surface area (TPSA) is 113 Å². The Morgan fingerprint density at radius 2 is 1.91 bits per heavy atom. The molecular weight excluding hydrogens is 448 g/mol. The number of carboxylic acid groups (broad SMARTS) is 1. The van der Waals surface area contributed by atoms with Gasteiger partial charge in [0, 0.05) is 16.8 Å². The molecule has 2 aromatic heterocycles. The van der Waals surface area contributed by atoms with Crippen molar-refractivity contribution in [1.82, 2.24) is 9.88 Å². The van der Waals surface area contributed by atoms with Gasteiger partial charge in [-0.1, -0.05) is 18.2 Å². The van der Waals surface area contributed by atoms with Crippen LogP contribution in [0, 0.1) is 11.3 Å². The minimum atomic E-state index is -0.843. The van der Waals surface area contributed by atoms with Gasteiger partial charge in [0.2, 0.25) is 0 Å². The fourth-order valence-corrected chi connectivity index (χ4v) is 4.77. The molecule has 0 fully saturated rings. The van der Waals surface area contributed by atoms with Gasteiger partial charge in [-0.15, -0.1) is 11.3 Å². The van der Waals surface area contributed by atoms with Gasteiger partial charge in [-0.2, -0.15) is 5.26 Å². The second kappa shape index (κ2) is 9.91. The molecule has 3 N–H and O–H groups in total.